The number of hydrogen-bond acceptors (Lipinski definition) is 2. The molecule has 1 nitrogen and oxygen atoms in total. The van der Waals surface area contributed by atoms with Crippen LogP contribution in [0.2, 0.25) is 5.02 Å². The van der Waals surface area contributed by atoms with E-state index in [1.54, 1.807) is 11.3 Å². The summed E-state index contributed by atoms with van der Waals surface area (Å²) in [6, 6.07) is 16.5. The van der Waals surface area contributed by atoms with Gasteiger partial charge in [-0.25, -0.2) is 0 Å². The lowest BCUT2D eigenvalue weighted by Crippen LogP contribution is -2.18. The first-order valence-corrected chi connectivity index (χ1v) is 7.97. The standard InChI is InChI=1S/C15H9ClNS2/c16-11-7-5-10(6-8-11)13-9-18-15-17(13)12-3-1-2-4-14(12)19-15/h1-9H/q+1. The molecule has 2 heterocycles. The molecule has 0 aliphatic rings. The topological polar surface area (TPSA) is 4.10 Å². The van der Waals surface area contributed by atoms with Crippen LogP contribution in [0.3, 0.4) is 0 Å². The van der Waals surface area contributed by atoms with Gasteiger partial charge in [0.15, 0.2) is 0 Å². The number of aromatic nitrogens is 1. The van der Waals surface area contributed by atoms with Crippen molar-refractivity contribution in [3.8, 4) is 11.3 Å². The quantitative estimate of drug-likeness (QED) is 0.435. The fraction of sp³-hybridized carbons (Fsp3) is 0. The number of hydrogen-bond donors (Lipinski definition) is 0. The van der Waals surface area contributed by atoms with Crippen LogP contribution < -0.4 is 4.40 Å². The molecule has 92 valence electrons. The molecule has 0 bridgehead atoms. The summed E-state index contributed by atoms with van der Waals surface area (Å²) < 4.78 is 4.96. The number of fused-ring (bicyclic) bond motifs is 3. The van der Waals surface area contributed by atoms with Crippen molar-refractivity contribution < 1.29 is 4.40 Å². The molecule has 2 aromatic carbocycles. The zero-order valence-electron chi connectivity index (χ0n) is 9.84. The third-order valence-corrected chi connectivity index (χ3v) is 5.58. The van der Waals surface area contributed by atoms with Crippen molar-refractivity contribution in [1.29, 1.82) is 0 Å². The molecule has 2 aromatic heterocycles. The fourth-order valence-electron chi connectivity index (χ4n) is 2.25. The Kier molecular flexibility index (Phi) is 2.58. The molecule has 4 aromatic rings. The van der Waals surface area contributed by atoms with E-state index in [-0.39, 0.29) is 0 Å². The third kappa shape index (κ3) is 1.77. The highest BCUT2D eigenvalue weighted by atomic mass is 35.5. The summed E-state index contributed by atoms with van der Waals surface area (Å²) in [4.78, 5) is 0. The largest absolute Gasteiger partial charge is 0.326 e. The summed E-state index contributed by atoms with van der Waals surface area (Å²) in [5.74, 6) is 0. The highest BCUT2D eigenvalue weighted by molar-refractivity contribution is 7.38. The Balaban J connectivity index is 2.06. The second kappa shape index (κ2) is 4.30. The second-order valence-corrected chi connectivity index (χ2v) is 6.88. The number of halogens is 1. The fourth-order valence-corrected chi connectivity index (χ4v) is 4.62. The summed E-state index contributed by atoms with van der Waals surface area (Å²) in [5, 5.41) is 2.98. The smallest absolute Gasteiger partial charge is 0.133 e. The number of nitrogens with zero attached hydrogens (tertiary/aromatic N) is 1. The van der Waals surface area contributed by atoms with Crippen LogP contribution in [0.5, 0.6) is 0 Å². The molecule has 0 saturated heterocycles. The van der Waals surface area contributed by atoms with Gasteiger partial charge in [-0.15, -0.1) is 4.40 Å². The van der Waals surface area contributed by atoms with Crippen molar-refractivity contribution >= 4 is 48.6 Å². The Morgan fingerprint density at radius 3 is 2.58 bits per heavy atom. The SMILES string of the molecule is Clc1ccc(-c2csc3sc4ccccc4[n+]23)cc1. The summed E-state index contributed by atoms with van der Waals surface area (Å²) in [5.41, 5.74) is 3.70. The zero-order valence-corrected chi connectivity index (χ0v) is 12.2. The molecule has 0 amide bonds. The lowest BCUT2D eigenvalue weighted by atomic mass is 10.2. The van der Waals surface area contributed by atoms with Crippen molar-refractivity contribution in [2.75, 3.05) is 0 Å². The normalized spacial score (nSPS) is 11.4. The van der Waals surface area contributed by atoms with E-state index >= 15 is 0 Å². The van der Waals surface area contributed by atoms with Gasteiger partial charge in [0, 0.05) is 16.7 Å². The minimum atomic E-state index is 0.774. The van der Waals surface area contributed by atoms with Crippen LogP contribution in [0.25, 0.3) is 25.6 Å². The van der Waals surface area contributed by atoms with Gasteiger partial charge >= 0.3 is 4.14 Å². The molecule has 0 radical (unpaired) electrons. The van der Waals surface area contributed by atoms with Crippen LogP contribution in [0.1, 0.15) is 0 Å². The maximum absolute atomic E-state index is 5.96. The van der Waals surface area contributed by atoms with E-state index in [4.69, 9.17) is 11.6 Å². The number of benzene rings is 2. The highest BCUT2D eigenvalue weighted by Gasteiger charge is 2.21. The van der Waals surface area contributed by atoms with E-state index < -0.39 is 0 Å². The second-order valence-electron chi connectivity index (χ2n) is 4.30. The molecular formula is C15H9ClNS2+. The van der Waals surface area contributed by atoms with Crippen molar-refractivity contribution in [2.24, 2.45) is 0 Å². The zero-order chi connectivity index (χ0) is 12.8. The minimum Gasteiger partial charge on any atom is -0.133 e. The first kappa shape index (κ1) is 11.4. The lowest BCUT2D eigenvalue weighted by Gasteiger charge is -1.94. The molecule has 0 unspecified atom stereocenters. The lowest BCUT2D eigenvalue weighted by molar-refractivity contribution is -0.460. The van der Waals surface area contributed by atoms with E-state index in [0.29, 0.717) is 0 Å². The van der Waals surface area contributed by atoms with Gasteiger partial charge in [-0.05, 0) is 30.3 Å². The summed E-state index contributed by atoms with van der Waals surface area (Å²) in [7, 11) is 0. The predicted octanol–water partition coefficient (Wildman–Crippen LogP) is 5.02. The Bertz CT molecular complexity index is 874. The van der Waals surface area contributed by atoms with Gasteiger partial charge in [0.1, 0.15) is 4.70 Å². The van der Waals surface area contributed by atoms with Gasteiger partial charge in [-0.2, -0.15) is 0 Å². The highest BCUT2D eigenvalue weighted by Crippen LogP contribution is 2.30. The Hall–Kier alpha value is -1.42. The van der Waals surface area contributed by atoms with Gasteiger partial charge in [0.05, 0.1) is 5.38 Å². The molecule has 0 fully saturated rings. The molecule has 0 aliphatic carbocycles. The molecule has 4 rings (SSSR count). The van der Waals surface area contributed by atoms with Crippen LogP contribution in [0.15, 0.2) is 53.9 Å². The van der Waals surface area contributed by atoms with Crippen LogP contribution in [-0.4, -0.2) is 0 Å². The summed E-state index contributed by atoms with van der Waals surface area (Å²) in [6.07, 6.45) is 0. The van der Waals surface area contributed by atoms with Gasteiger partial charge in [0.2, 0.25) is 11.2 Å². The van der Waals surface area contributed by atoms with E-state index in [1.165, 1.54) is 25.6 Å². The first-order valence-electron chi connectivity index (χ1n) is 5.90. The van der Waals surface area contributed by atoms with Gasteiger partial charge in [0.25, 0.3) is 0 Å². The maximum atomic E-state index is 5.96. The molecule has 0 saturated carbocycles. The van der Waals surface area contributed by atoms with E-state index in [9.17, 15) is 0 Å². The predicted molar refractivity (Wildman–Crippen MR) is 83.3 cm³/mol. The average Bonchev–Trinajstić information content (AvgIpc) is 2.98. The number of thiazole rings is 2. The van der Waals surface area contributed by atoms with Crippen LogP contribution >= 0.6 is 34.3 Å². The Morgan fingerprint density at radius 2 is 1.74 bits per heavy atom. The molecular weight excluding hydrogens is 294 g/mol. The first-order chi connectivity index (χ1) is 9.33. The summed E-state index contributed by atoms with van der Waals surface area (Å²) in [6.45, 7) is 0. The van der Waals surface area contributed by atoms with E-state index in [1.807, 2.05) is 23.5 Å². The maximum Gasteiger partial charge on any atom is 0.326 e. The van der Waals surface area contributed by atoms with E-state index in [2.05, 4.69) is 46.2 Å². The molecule has 19 heavy (non-hydrogen) atoms. The van der Waals surface area contributed by atoms with Crippen molar-refractivity contribution in [3.05, 3.63) is 58.9 Å². The van der Waals surface area contributed by atoms with Gasteiger partial charge in [-0.1, -0.05) is 46.4 Å². The van der Waals surface area contributed by atoms with Crippen LogP contribution in [0, 0.1) is 0 Å². The van der Waals surface area contributed by atoms with Crippen LogP contribution in [-0.2, 0) is 0 Å². The van der Waals surface area contributed by atoms with Gasteiger partial charge in [-0.3, -0.25) is 0 Å². The molecule has 0 aliphatic heterocycles. The van der Waals surface area contributed by atoms with E-state index in [0.717, 1.165) is 5.02 Å². The monoisotopic (exact) mass is 302 g/mol. The van der Waals surface area contributed by atoms with Crippen molar-refractivity contribution in [1.82, 2.24) is 0 Å². The molecule has 0 spiro atoms. The Morgan fingerprint density at radius 1 is 0.947 bits per heavy atom. The molecule has 4 heteroatoms. The summed E-state index contributed by atoms with van der Waals surface area (Å²) >= 11 is 9.59. The number of rotatable bonds is 1. The molecule has 0 atom stereocenters. The van der Waals surface area contributed by atoms with Crippen molar-refractivity contribution in [3.63, 3.8) is 0 Å². The number of para-hydroxylation sites is 1. The Labute approximate surface area is 123 Å². The van der Waals surface area contributed by atoms with Crippen LogP contribution in [0.4, 0.5) is 0 Å². The van der Waals surface area contributed by atoms with Gasteiger partial charge < -0.3 is 0 Å². The molecule has 0 N–H and O–H groups in total. The van der Waals surface area contributed by atoms with Crippen molar-refractivity contribution in [2.45, 2.75) is 0 Å². The third-order valence-electron chi connectivity index (χ3n) is 3.14. The average molecular weight is 303 g/mol. The minimum absolute atomic E-state index is 0.774.